The van der Waals surface area contributed by atoms with Gasteiger partial charge in [0.1, 0.15) is 0 Å². The minimum absolute atomic E-state index is 0.665. The molecule has 0 aromatic carbocycles. The van der Waals surface area contributed by atoms with Crippen LogP contribution >= 0.6 is 0 Å². The number of anilines is 1. The van der Waals surface area contributed by atoms with Gasteiger partial charge in [-0.05, 0) is 12.5 Å². The van der Waals surface area contributed by atoms with Gasteiger partial charge in [-0.1, -0.05) is 13.8 Å². The van der Waals surface area contributed by atoms with E-state index in [4.69, 9.17) is 4.74 Å². The summed E-state index contributed by atoms with van der Waals surface area (Å²) in [7, 11) is 0. The van der Waals surface area contributed by atoms with Crippen molar-refractivity contribution in [3.8, 4) is 0 Å². The Kier molecular flexibility index (Phi) is 4.90. The van der Waals surface area contributed by atoms with E-state index in [0.717, 1.165) is 50.9 Å². The lowest BCUT2D eigenvalue weighted by Crippen LogP contribution is -2.37. The topological polar surface area (TPSA) is 50.3 Å². The number of hydrogen-bond acceptors (Lipinski definition) is 5. The molecule has 1 aliphatic rings. The summed E-state index contributed by atoms with van der Waals surface area (Å²) in [6.45, 7) is 9.54. The third-order valence-corrected chi connectivity index (χ3v) is 2.87. The predicted octanol–water partition coefficient (Wildman–Crippen LogP) is 1.06. The van der Waals surface area contributed by atoms with Crippen molar-refractivity contribution in [3.63, 3.8) is 0 Å². The fourth-order valence-electron chi connectivity index (χ4n) is 1.87. The van der Waals surface area contributed by atoms with Crippen LogP contribution in [0.15, 0.2) is 12.4 Å². The SMILES string of the molecule is CC(C)CNCc1cnc(N2CCOCC2)nc1. The van der Waals surface area contributed by atoms with Crippen LogP contribution in [0, 0.1) is 5.92 Å². The van der Waals surface area contributed by atoms with Crippen molar-refractivity contribution in [2.75, 3.05) is 37.7 Å². The van der Waals surface area contributed by atoms with Gasteiger partial charge in [0.25, 0.3) is 0 Å². The summed E-state index contributed by atoms with van der Waals surface area (Å²) in [6, 6.07) is 0. The lowest BCUT2D eigenvalue weighted by atomic mass is 10.2. The van der Waals surface area contributed by atoms with Crippen LogP contribution < -0.4 is 10.2 Å². The Morgan fingerprint density at radius 3 is 2.56 bits per heavy atom. The van der Waals surface area contributed by atoms with E-state index in [2.05, 4.69) is 34.0 Å². The molecule has 0 aliphatic carbocycles. The first-order valence-electron chi connectivity index (χ1n) is 6.60. The average molecular weight is 250 g/mol. The maximum atomic E-state index is 5.31. The van der Waals surface area contributed by atoms with Crippen LogP contribution in [0.25, 0.3) is 0 Å². The zero-order valence-corrected chi connectivity index (χ0v) is 11.2. The van der Waals surface area contributed by atoms with Gasteiger partial charge in [0.15, 0.2) is 0 Å². The molecule has 1 aliphatic heterocycles. The molecule has 5 nitrogen and oxygen atoms in total. The van der Waals surface area contributed by atoms with Gasteiger partial charge in [-0.25, -0.2) is 9.97 Å². The van der Waals surface area contributed by atoms with Crippen LogP contribution in [0.3, 0.4) is 0 Å². The van der Waals surface area contributed by atoms with Crippen LogP contribution in [-0.2, 0) is 11.3 Å². The predicted molar refractivity (Wildman–Crippen MR) is 71.6 cm³/mol. The Labute approximate surface area is 109 Å². The molecule has 1 N–H and O–H groups in total. The number of hydrogen-bond donors (Lipinski definition) is 1. The van der Waals surface area contributed by atoms with Gasteiger partial charge in [-0.2, -0.15) is 0 Å². The molecule has 1 fully saturated rings. The Balaban J connectivity index is 1.84. The van der Waals surface area contributed by atoms with Crippen LogP contribution in [0.1, 0.15) is 19.4 Å². The molecule has 0 amide bonds. The van der Waals surface area contributed by atoms with Crippen LogP contribution in [-0.4, -0.2) is 42.8 Å². The zero-order chi connectivity index (χ0) is 12.8. The largest absolute Gasteiger partial charge is 0.378 e. The van der Waals surface area contributed by atoms with E-state index >= 15 is 0 Å². The van der Waals surface area contributed by atoms with Crippen LogP contribution in [0.4, 0.5) is 5.95 Å². The second-order valence-electron chi connectivity index (χ2n) is 5.02. The minimum atomic E-state index is 0.665. The molecule has 2 rings (SSSR count). The molecule has 0 unspecified atom stereocenters. The molecule has 5 heteroatoms. The van der Waals surface area contributed by atoms with Crippen molar-refractivity contribution in [2.45, 2.75) is 20.4 Å². The molecule has 1 aromatic rings. The monoisotopic (exact) mass is 250 g/mol. The second-order valence-corrected chi connectivity index (χ2v) is 5.02. The van der Waals surface area contributed by atoms with Crippen molar-refractivity contribution >= 4 is 5.95 Å². The van der Waals surface area contributed by atoms with E-state index in [0.29, 0.717) is 5.92 Å². The summed E-state index contributed by atoms with van der Waals surface area (Å²) in [5.41, 5.74) is 1.13. The highest BCUT2D eigenvalue weighted by atomic mass is 16.5. The minimum Gasteiger partial charge on any atom is -0.378 e. The standard InChI is InChI=1S/C13H22N4O/c1-11(2)7-14-8-12-9-15-13(16-10-12)17-3-5-18-6-4-17/h9-11,14H,3-8H2,1-2H3. The van der Waals surface area contributed by atoms with E-state index in [-0.39, 0.29) is 0 Å². The lowest BCUT2D eigenvalue weighted by Gasteiger charge is -2.26. The highest BCUT2D eigenvalue weighted by Crippen LogP contribution is 2.09. The number of nitrogens with one attached hydrogen (secondary N) is 1. The van der Waals surface area contributed by atoms with Crippen molar-refractivity contribution < 1.29 is 4.74 Å². The first-order chi connectivity index (χ1) is 8.75. The summed E-state index contributed by atoms with van der Waals surface area (Å²) in [6.07, 6.45) is 3.82. The van der Waals surface area contributed by atoms with Gasteiger partial charge < -0.3 is 15.0 Å². The first-order valence-corrected chi connectivity index (χ1v) is 6.60. The molecule has 0 atom stereocenters. The van der Waals surface area contributed by atoms with Crippen LogP contribution in [0.5, 0.6) is 0 Å². The summed E-state index contributed by atoms with van der Waals surface area (Å²) in [5, 5.41) is 3.39. The van der Waals surface area contributed by atoms with Crippen LogP contribution in [0.2, 0.25) is 0 Å². The highest BCUT2D eigenvalue weighted by Gasteiger charge is 2.13. The number of aromatic nitrogens is 2. The van der Waals surface area contributed by atoms with Gasteiger partial charge in [0, 0.05) is 37.6 Å². The molecular weight excluding hydrogens is 228 g/mol. The molecule has 0 saturated carbocycles. The maximum absolute atomic E-state index is 5.31. The van der Waals surface area contributed by atoms with Crippen molar-refractivity contribution in [1.29, 1.82) is 0 Å². The van der Waals surface area contributed by atoms with E-state index in [1.807, 2.05) is 12.4 Å². The van der Waals surface area contributed by atoms with Gasteiger partial charge in [0.2, 0.25) is 5.95 Å². The summed E-state index contributed by atoms with van der Waals surface area (Å²) in [4.78, 5) is 11.0. The third kappa shape index (κ3) is 3.92. The van der Waals surface area contributed by atoms with E-state index in [1.54, 1.807) is 0 Å². The summed E-state index contributed by atoms with van der Waals surface area (Å²) < 4.78 is 5.31. The smallest absolute Gasteiger partial charge is 0.225 e. The fourth-order valence-corrected chi connectivity index (χ4v) is 1.87. The molecule has 2 heterocycles. The molecule has 1 aromatic heterocycles. The number of rotatable bonds is 5. The van der Waals surface area contributed by atoms with E-state index in [1.165, 1.54) is 0 Å². The quantitative estimate of drug-likeness (QED) is 0.847. The normalized spacial score (nSPS) is 16.3. The number of ether oxygens (including phenoxy) is 1. The van der Waals surface area contributed by atoms with E-state index in [9.17, 15) is 0 Å². The van der Waals surface area contributed by atoms with Gasteiger partial charge in [-0.15, -0.1) is 0 Å². The molecular formula is C13H22N4O. The van der Waals surface area contributed by atoms with E-state index < -0.39 is 0 Å². The number of morpholine rings is 1. The lowest BCUT2D eigenvalue weighted by molar-refractivity contribution is 0.122. The Morgan fingerprint density at radius 1 is 1.28 bits per heavy atom. The molecule has 1 saturated heterocycles. The third-order valence-electron chi connectivity index (χ3n) is 2.87. The van der Waals surface area contributed by atoms with Gasteiger partial charge >= 0.3 is 0 Å². The Hall–Kier alpha value is -1.20. The molecule has 18 heavy (non-hydrogen) atoms. The zero-order valence-electron chi connectivity index (χ0n) is 11.2. The van der Waals surface area contributed by atoms with Gasteiger partial charge in [-0.3, -0.25) is 0 Å². The molecule has 0 spiro atoms. The number of nitrogens with zero attached hydrogens (tertiary/aromatic N) is 3. The Morgan fingerprint density at radius 2 is 1.94 bits per heavy atom. The second kappa shape index (κ2) is 6.66. The maximum Gasteiger partial charge on any atom is 0.225 e. The molecule has 100 valence electrons. The van der Waals surface area contributed by atoms with Crippen molar-refractivity contribution in [3.05, 3.63) is 18.0 Å². The summed E-state index contributed by atoms with van der Waals surface area (Å²) in [5.74, 6) is 1.48. The molecule has 0 bridgehead atoms. The first kappa shape index (κ1) is 13.2. The fraction of sp³-hybridized carbons (Fsp3) is 0.692. The van der Waals surface area contributed by atoms with Crippen molar-refractivity contribution in [1.82, 2.24) is 15.3 Å². The Bertz CT molecular complexity index is 347. The molecule has 0 radical (unpaired) electrons. The van der Waals surface area contributed by atoms with Crippen molar-refractivity contribution in [2.24, 2.45) is 5.92 Å². The highest BCUT2D eigenvalue weighted by molar-refractivity contribution is 5.30. The average Bonchev–Trinajstić information content (AvgIpc) is 2.40. The summed E-state index contributed by atoms with van der Waals surface area (Å²) >= 11 is 0. The van der Waals surface area contributed by atoms with Gasteiger partial charge in [0.05, 0.1) is 13.2 Å².